The van der Waals surface area contributed by atoms with E-state index in [9.17, 15) is 14.4 Å². The van der Waals surface area contributed by atoms with Crippen LogP contribution in [0.25, 0.3) is 0 Å². The highest BCUT2D eigenvalue weighted by atomic mass is 32.2. The lowest BCUT2D eigenvalue weighted by atomic mass is 10.1. The molecule has 0 saturated carbocycles. The van der Waals surface area contributed by atoms with E-state index in [0.29, 0.717) is 23.5 Å². The monoisotopic (exact) mass is 319 g/mol. The van der Waals surface area contributed by atoms with Gasteiger partial charge in [-0.1, -0.05) is 0 Å². The summed E-state index contributed by atoms with van der Waals surface area (Å²) in [5, 5.41) is 0. The molecule has 116 valence electrons. The zero-order valence-electron chi connectivity index (χ0n) is 12.5. The maximum Gasteiger partial charge on any atom is 0.335 e. The van der Waals surface area contributed by atoms with Crippen molar-refractivity contribution in [1.82, 2.24) is 4.90 Å². The van der Waals surface area contributed by atoms with Crippen LogP contribution in [0.1, 0.15) is 37.0 Å². The molecule has 0 aliphatic carbocycles. The van der Waals surface area contributed by atoms with Crippen molar-refractivity contribution in [3.05, 3.63) is 29.8 Å². The van der Waals surface area contributed by atoms with Crippen LogP contribution in [0.15, 0.2) is 24.3 Å². The first-order valence-electron chi connectivity index (χ1n) is 7.19. The number of fused-ring (bicyclic) bond motifs is 1. The second-order valence-corrected chi connectivity index (χ2v) is 7.27. The van der Waals surface area contributed by atoms with Crippen LogP contribution in [0.4, 0.5) is 0 Å². The molecule has 0 radical (unpaired) electrons. The molecule has 0 N–H and O–H groups in total. The second kappa shape index (κ2) is 5.43. The van der Waals surface area contributed by atoms with Crippen LogP contribution in [0, 0.1) is 0 Å². The summed E-state index contributed by atoms with van der Waals surface area (Å²) in [6.07, 6.45) is 1.26. The number of thioether (sulfide) groups is 1. The van der Waals surface area contributed by atoms with Crippen LogP contribution in [0.2, 0.25) is 0 Å². The van der Waals surface area contributed by atoms with E-state index >= 15 is 0 Å². The molecular weight excluding hydrogens is 302 g/mol. The summed E-state index contributed by atoms with van der Waals surface area (Å²) in [6, 6.07) is 5.92. The van der Waals surface area contributed by atoms with Gasteiger partial charge in [-0.3, -0.25) is 9.59 Å². The number of ketones is 1. The number of ether oxygens (including phenoxy) is 1. The quantitative estimate of drug-likeness (QED) is 0.486. The van der Waals surface area contributed by atoms with Gasteiger partial charge in [0.25, 0.3) is 0 Å². The number of carbonyl (C=O) groups excluding carboxylic acids is 3. The zero-order chi connectivity index (χ0) is 15.9. The van der Waals surface area contributed by atoms with Crippen molar-refractivity contribution in [3.8, 4) is 5.75 Å². The number of esters is 1. The highest BCUT2D eigenvalue weighted by Crippen LogP contribution is 2.47. The second-order valence-electron chi connectivity index (χ2n) is 5.77. The first-order valence-corrected chi connectivity index (χ1v) is 8.18. The lowest BCUT2D eigenvalue weighted by Gasteiger charge is -2.29. The number of benzene rings is 1. The van der Waals surface area contributed by atoms with Crippen molar-refractivity contribution in [2.24, 2.45) is 0 Å². The minimum absolute atomic E-state index is 0.0152. The molecule has 0 bridgehead atoms. The van der Waals surface area contributed by atoms with Crippen LogP contribution < -0.4 is 4.74 Å². The molecule has 6 heteroatoms. The molecule has 2 saturated heterocycles. The van der Waals surface area contributed by atoms with E-state index in [0.717, 1.165) is 6.42 Å². The highest BCUT2D eigenvalue weighted by Gasteiger charge is 2.53. The summed E-state index contributed by atoms with van der Waals surface area (Å²) < 4.78 is 5.38. The summed E-state index contributed by atoms with van der Waals surface area (Å²) in [6.45, 7) is 3.48. The van der Waals surface area contributed by atoms with Crippen LogP contribution in [-0.2, 0) is 9.59 Å². The van der Waals surface area contributed by atoms with Gasteiger partial charge in [0.1, 0.15) is 11.8 Å². The molecule has 1 aromatic carbocycles. The Morgan fingerprint density at radius 3 is 2.64 bits per heavy atom. The molecule has 2 atom stereocenters. The Bertz CT molecular complexity index is 642. The van der Waals surface area contributed by atoms with Gasteiger partial charge < -0.3 is 9.64 Å². The number of amides is 1. The van der Waals surface area contributed by atoms with Crippen molar-refractivity contribution >= 4 is 29.4 Å². The van der Waals surface area contributed by atoms with Gasteiger partial charge in [-0.15, -0.1) is 11.8 Å². The van der Waals surface area contributed by atoms with E-state index in [1.54, 1.807) is 40.9 Å². The van der Waals surface area contributed by atoms with E-state index in [4.69, 9.17) is 4.74 Å². The SMILES string of the molecule is CC(=O)c1ccc(OC(=O)[C@@H]2CS[C@]3(C)CCC(=O)N23)cc1. The summed E-state index contributed by atoms with van der Waals surface area (Å²) in [7, 11) is 0. The number of hydrogen-bond donors (Lipinski definition) is 0. The van der Waals surface area contributed by atoms with Crippen LogP contribution in [-0.4, -0.2) is 39.2 Å². The largest absolute Gasteiger partial charge is 0.425 e. The topological polar surface area (TPSA) is 63.7 Å². The number of nitrogens with zero attached hydrogens (tertiary/aromatic N) is 1. The summed E-state index contributed by atoms with van der Waals surface area (Å²) >= 11 is 1.63. The highest BCUT2D eigenvalue weighted by molar-refractivity contribution is 8.01. The van der Waals surface area contributed by atoms with Gasteiger partial charge >= 0.3 is 5.97 Å². The molecule has 2 fully saturated rings. The third-order valence-electron chi connectivity index (χ3n) is 4.20. The van der Waals surface area contributed by atoms with Crippen molar-refractivity contribution in [3.63, 3.8) is 0 Å². The summed E-state index contributed by atoms with van der Waals surface area (Å²) in [5.41, 5.74) is 0.568. The Hall–Kier alpha value is -1.82. The molecule has 5 nitrogen and oxygen atoms in total. The van der Waals surface area contributed by atoms with Gasteiger partial charge in [0.2, 0.25) is 5.91 Å². The third-order valence-corrected chi connectivity index (χ3v) is 5.70. The molecule has 3 rings (SSSR count). The van der Waals surface area contributed by atoms with Crippen LogP contribution in [0.5, 0.6) is 5.75 Å². The van der Waals surface area contributed by atoms with Gasteiger partial charge in [0.15, 0.2) is 5.78 Å². The summed E-state index contributed by atoms with van der Waals surface area (Å²) in [4.78, 5) is 37.0. The van der Waals surface area contributed by atoms with Crippen molar-refractivity contribution < 1.29 is 19.1 Å². The maximum atomic E-state index is 12.4. The lowest BCUT2D eigenvalue weighted by molar-refractivity contribution is -0.146. The molecule has 0 spiro atoms. The first-order chi connectivity index (χ1) is 10.4. The number of Topliss-reactive ketones (excluding diaryl/α,β-unsaturated/α-hetero) is 1. The molecule has 2 heterocycles. The smallest absolute Gasteiger partial charge is 0.335 e. The average molecular weight is 319 g/mol. The van der Waals surface area contributed by atoms with Gasteiger partial charge in [0.05, 0.1) is 4.87 Å². The molecule has 2 aliphatic heterocycles. The fourth-order valence-corrected chi connectivity index (χ4v) is 4.35. The maximum absolute atomic E-state index is 12.4. The Morgan fingerprint density at radius 1 is 1.32 bits per heavy atom. The van der Waals surface area contributed by atoms with Gasteiger partial charge in [0, 0.05) is 17.7 Å². The summed E-state index contributed by atoms with van der Waals surface area (Å²) in [5.74, 6) is 0.513. The molecule has 0 aromatic heterocycles. The fourth-order valence-electron chi connectivity index (χ4n) is 2.94. The van der Waals surface area contributed by atoms with Crippen molar-refractivity contribution in [2.75, 3.05) is 5.75 Å². The van der Waals surface area contributed by atoms with E-state index in [1.807, 2.05) is 6.92 Å². The third kappa shape index (κ3) is 2.52. The van der Waals surface area contributed by atoms with Crippen molar-refractivity contribution in [1.29, 1.82) is 0 Å². The normalized spacial score (nSPS) is 26.9. The van der Waals surface area contributed by atoms with E-state index < -0.39 is 12.0 Å². The minimum Gasteiger partial charge on any atom is -0.425 e. The van der Waals surface area contributed by atoms with E-state index in [1.165, 1.54) is 6.92 Å². The Labute approximate surface area is 133 Å². The predicted molar refractivity (Wildman–Crippen MR) is 82.8 cm³/mol. The Morgan fingerprint density at radius 2 is 2.00 bits per heavy atom. The number of hydrogen-bond acceptors (Lipinski definition) is 5. The van der Waals surface area contributed by atoms with Gasteiger partial charge in [-0.25, -0.2) is 4.79 Å². The number of carbonyl (C=O) groups is 3. The van der Waals surface area contributed by atoms with Crippen LogP contribution in [0.3, 0.4) is 0 Å². The lowest BCUT2D eigenvalue weighted by Crippen LogP contribution is -2.47. The molecule has 1 aromatic rings. The Balaban J connectivity index is 1.72. The molecule has 1 amide bonds. The minimum atomic E-state index is -0.530. The van der Waals surface area contributed by atoms with E-state index in [-0.39, 0.29) is 16.6 Å². The first kappa shape index (κ1) is 15.1. The van der Waals surface area contributed by atoms with Crippen molar-refractivity contribution in [2.45, 2.75) is 37.6 Å². The number of rotatable bonds is 3. The average Bonchev–Trinajstić information content (AvgIpc) is 2.97. The molecule has 0 unspecified atom stereocenters. The van der Waals surface area contributed by atoms with E-state index in [2.05, 4.69) is 0 Å². The Kier molecular flexibility index (Phi) is 3.72. The van der Waals surface area contributed by atoms with Gasteiger partial charge in [-0.05, 0) is 44.5 Å². The van der Waals surface area contributed by atoms with Gasteiger partial charge in [-0.2, -0.15) is 0 Å². The molecule has 22 heavy (non-hydrogen) atoms. The predicted octanol–water partition coefficient (Wildman–Crippen LogP) is 2.25. The zero-order valence-corrected chi connectivity index (χ0v) is 13.3. The molecular formula is C16H17NO4S. The van der Waals surface area contributed by atoms with Crippen LogP contribution >= 0.6 is 11.8 Å². The molecule has 2 aliphatic rings. The standard InChI is InChI=1S/C16H17NO4S/c1-10(18)11-3-5-12(6-4-11)21-15(20)13-9-22-16(2)8-7-14(19)17(13)16/h3-6,13H,7-9H2,1-2H3/t13-,16+/m0/s1. The fraction of sp³-hybridized carbons (Fsp3) is 0.438.